The van der Waals surface area contributed by atoms with E-state index in [1.54, 1.807) is 6.92 Å². The molecule has 3 N–H and O–H groups in total. The Morgan fingerprint density at radius 1 is 1.44 bits per heavy atom. The number of esters is 1. The lowest BCUT2D eigenvalue weighted by Gasteiger charge is -2.05. The summed E-state index contributed by atoms with van der Waals surface area (Å²) in [6.45, 7) is 1.45. The minimum atomic E-state index is -1.12. The van der Waals surface area contributed by atoms with Crippen molar-refractivity contribution in [3.63, 3.8) is 0 Å². The summed E-state index contributed by atoms with van der Waals surface area (Å²) >= 11 is 1.14. The first-order valence-electron chi connectivity index (χ1n) is 4.89. The summed E-state index contributed by atoms with van der Waals surface area (Å²) < 4.78 is 4.34. The lowest BCUT2D eigenvalue weighted by Crippen LogP contribution is -2.33. The summed E-state index contributed by atoms with van der Waals surface area (Å²) in [6.07, 6.45) is 0. The van der Waals surface area contributed by atoms with Gasteiger partial charge in [-0.2, -0.15) is 0 Å². The Labute approximate surface area is 107 Å². The molecule has 0 aliphatic carbocycles. The molecule has 0 atom stereocenters. The number of amides is 2. The van der Waals surface area contributed by atoms with Crippen molar-refractivity contribution >= 4 is 34.3 Å². The number of hydrogen-bond acceptors (Lipinski definition) is 5. The highest BCUT2D eigenvalue weighted by Gasteiger charge is 2.16. The highest BCUT2D eigenvalue weighted by molar-refractivity contribution is 7.16. The molecule has 1 aromatic rings. The summed E-state index contributed by atoms with van der Waals surface area (Å²) in [7, 11) is 1.20. The molecule has 0 unspecified atom stereocenters. The first kappa shape index (κ1) is 14.0. The van der Waals surface area contributed by atoms with Gasteiger partial charge in [-0.05, 0) is 13.0 Å². The first-order chi connectivity index (χ1) is 8.43. The van der Waals surface area contributed by atoms with Crippen LogP contribution in [-0.4, -0.2) is 36.7 Å². The van der Waals surface area contributed by atoms with Crippen LogP contribution in [-0.2, 0) is 9.53 Å². The average Bonchev–Trinajstić information content (AvgIpc) is 2.67. The van der Waals surface area contributed by atoms with Crippen molar-refractivity contribution in [2.24, 2.45) is 0 Å². The number of thiophene rings is 1. The smallest absolute Gasteiger partial charge is 0.338 e. The zero-order valence-corrected chi connectivity index (χ0v) is 10.6. The largest absolute Gasteiger partial charge is 0.478 e. The monoisotopic (exact) mass is 272 g/mol. The van der Waals surface area contributed by atoms with E-state index in [1.165, 1.54) is 13.2 Å². The van der Waals surface area contributed by atoms with Crippen LogP contribution in [0.2, 0.25) is 0 Å². The molecular weight excluding hydrogens is 260 g/mol. The molecule has 7 nitrogen and oxygen atoms in total. The molecule has 0 radical (unpaired) electrons. The van der Waals surface area contributed by atoms with E-state index in [2.05, 4.69) is 15.4 Å². The van der Waals surface area contributed by atoms with E-state index < -0.39 is 18.0 Å². The molecule has 18 heavy (non-hydrogen) atoms. The van der Waals surface area contributed by atoms with Crippen molar-refractivity contribution in [1.82, 2.24) is 5.32 Å². The zero-order chi connectivity index (χ0) is 13.7. The summed E-state index contributed by atoms with van der Waals surface area (Å²) in [5.41, 5.74) is 0.0192. The molecule has 0 bridgehead atoms. The number of ether oxygens (including phenoxy) is 1. The number of hydrogen-bond donors (Lipinski definition) is 3. The topological polar surface area (TPSA) is 105 Å². The normalized spacial score (nSPS) is 9.67. The van der Waals surface area contributed by atoms with Crippen LogP contribution < -0.4 is 10.6 Å². The molecular formula is C10H12N2O5S. The summed E-state index contributed by atoms with van der Waals surface area (Å²) in [6, 6.07) is 0.799. The van der Waals surface area contributed by atoms with Crippen LogP contribution in [0.4, 0.5) is 9.80 Å². The van der Waals surface area contributed by atoms with Gasteiger partial charge in [-0.25, -0.2) is 9.59 Å². The van der Waals surface area contributed by atoms with Crippen molar-refractivity contribution in [2.45, 2.75) is 6.92 Å². The number of aryl methyl sites for hydroxylation is 1. The van der Waals surface area contributed by atoms with Crippen LogP contribution in [0.3, 0.4) is 0 Å². The third kappa shape index (κ3) is 3.74. The highest BCUT2D eigenvalue weighted by Crippen LogP contribution is 2.27. The molecule has 0 saturated heterocycles. The number of rotatable bonds is 4. The molecule has 0 aromatic carbocycles. The van der Waals surface area contributed by atoms with Crippen LogP contribution >= 0.6 is 11.3 Å². The molecule has 0 aliphatic heterocycles. The Morgan fingerprint density at radius 2 is 2.11 bits per heavy atom. The number of carbonyl (C=O) groups excluding carboxylic acids is 2. The summed E-state index contributed by atoms with van der Waals surface area (Å²) in [4.78, 5) is 33.8. The van der Waals surface area contributed by atoms with Gasteiger partial charge in [-0.15, -0.1) is 11.3 Å². The maximum atomic E-state index is 11.4. The number of carboxylic acid groups (broad SMARTS) is 1. The Balaban J connectivity index is 2.64. The van der Waals surface area contributed by atoms with Gasteiger partial charge < -0.3 is 15.2 Å². The predicted molar refractivity (Wildman–Crippen MR) is 65.1 cm³/mol. The fourth-order valence-electron chi connectivity index (χ4n) is 1.14. The summed E-state index contributed by atoms with van der Waals surface area (Å²) in [5, 5.41) is 13.8. The van der Waals surface area contributed by atoms with Crippen LogP contribution in [0.15, 0.2) is 6.07 Å². The molecule has 1 heterocycles. The molecule has 1 aromatic heterocycles. The molecule has 0 spiro atoms. The SMILES string of the molecule is COC(=O)CNC(=O)Nc1sc(C)cc1C(=O)O. The molecule has 0 fully saturated rings. The molecule has 1 rings (SSSR count). The molecule has 2 amide bonds. The molecule has 0 saturated carbocycles. The maximum Gasteiger partial charge on any atom is 0.338 e. The van der Waals surface area contributed by atoms with Gasteiger partial charge in [0, 0.05) is 4.88 Å². The number of anilines is 1. The molecule has 8 heteroatoms. The minimum Gasteiger partial charge on any atom is -0.478 e. The lowest BCUT2D eigenvalue weighted by atomic mass is 10.3. The van der Waals surface area contributed by atoms with E-state index in [0.29, 0.717) is 0 Å². The third-order valence-electron chi connectivity index (χ3n) is 1.93. The fraction of sp³-hybridized carbons (Fsp3) is 0.300. The van der Waals surface area contributed by atoms with Gasteiger partial charge in [0.05, 0.1) is 12.7 Å². The quantitative estimate of drug-likeness (QED) is 0.710. The lowest BCUT2D eigenvalue weighted by molar-refractivity contribution is -0.139. The van der Waals surface area contributed by atoms with E-state index in [0.717, 1.165) is 16.2 Å². The second-order valence-electron chi connectivity index (χ2n) is 3.29. The number of methoxy groups -OCH3 is 1. The Morgan fingerprint density at radius 3 is 2.67 bits per heavy atom. The van der Waals surface area contributed by atoms with Crippen molar-refractivity contribution in [3.8, 4) is 0 Å². The highest BCUT2D eigenvalue weighted by atomic mass is 32.1. The third-order valence-corrected chi connectivity index (χ3v) is 2.90. The van der Waals surface area contributed by atoms with E-state index in [-0.39, 0.29) is 17.1 Å². The average molecular weight is 272 g/mol. The molecule has 0 aliphatic rings. The van der Waals surface area contributed by atoms with E-state index in [4.69, 9.17) is 5.11 Å². The van der Waals surface area contributed by atoms with Crippen molar-refractivity contribution in [3.05, 3.63) is 16.5 Å². The number of carbonyl (C=O) groups is 3. The van der Waals surface area contributed by atoms with Crippen molar-refractivity contribution < 1.29 is 24.2 Å². The predicted octanol–water partition coefficient (Wildman–Crippen LogP) is 1.05. The van der Waals surface area contributed by atoms with E-state index in [9.17, 15) is 14.4 Å². The maximum absolute atomic E-state index is 11.4. The van der Waals surface area contributed by atoms with Crippen LogP contribution in [0.5, 0.6) is 0 Å². The van der Waals surface area contributed by atoms with Gasteiger partial charge in [0.2, 0.25) is 0 Å². The Kier molecular flexibility index (Phi) is 4.67. The first-order valence-corrected chi connectivity index (χ1v) is 5.71. The Bertz CT molecular complexity index is 483. The number of aromatic carboxylic acids is 1. The standard InChI is InChI=1S/C10H12N2O5S/c1-5-3-6(9(14)15)8(18-5)12-10(16)11-4-7(13)17-2/h3H,4H2,1-2H3,(H,14,15)(H2,11,12,16). The van der Waals surface area contributed by atoms with Crippen molar-refractivity contribution in [1.29, 1.82) is 0 Å². The van der Waals surface area contributed by atoms with E-state index >= 15 is 0 Å². The van der Waals surface area contributed by atoms with Gasteiger partial charge in [0.25, 0.3) is 0 Å². The summed E-state index contributed by atoms with van der Waals surface area (Å²) in [5.74, 6) is -1.71. The van der Waals surface area contributed by atoms with Gasteiger partial charge in [0.1, 0.15) is 11.5 Å². The zero-order valence-electron chi connectivity index (χ0n) is 9.77. The minimum absolute atomic E-state index is 0.0192. The van der Waals surface area contributed by atoms with Crippen LogP contribution in [0.25, 0.3) is 0 Å². The van der Waals surface area contributed by atoms with Gasteiger partial charge in [0.15, 0.2) is 0 Å². The molecule has 98 valence electrons. The second kappa shape index (κ2) is 6.01. The Hall–Kier alpha value is -2.09. The fourth-order valence-corrected chi connectivity index (χ4v) is 2.04. The van der Waals surface area contributed by atoms with Gasteiger partial charge >= 0.3 is 18.0 Å². The number of carboxylic acids is 1. The van der Waals surface area contributed by atoms with Crippen LogP contribution in [0.1, 0.15) is 15.2 Å². The number of nitrogens with one attached hydrogen (secondary N) is 2. The van der Waals surface area contributed by atoms with Gasteiger partial charge in [-0.1, -0.05) is 0 Å². The van der Waals surface area contributed by atoms with Gasteiger partial charge in [-0.3, -0.25) is 10.1 Å². The number of urea groups is 1. The van der Waals surface area contributed by atoms with E-state index in [1.807, 2.05) is 0 Å². The van der Waals surface area contributed by atoms with Crippen LogP contribution in [0, 0.1) is 6.92 Å². The second-order valence-corrected chi connectivity index (χ2v) is 4.55. The van der Waals surface area contributed by atoms with Crippen molar-refractivity contribution in [2.75, 3.05) is 19.0 Å².